The van der Waals surface area contributed by atoms with Crippen LogP contribution in [-0.4, -0.2) is 9.97 Å². The molecule has 0 unspecified atom stereocenters. The molecule has 0 saturated carbocycles. The summed E-state index contributed by atoms with van der Waals surface area (Å²) in [5, 5.41) is 2.34. The van der Waals surface area contributed by atoms with Crippen molar-refractivity contribution in [1.29, 1.82) is 0 Å². The van der Waals surface area contributed by atoms with Crippen LogP contribution in [0.5, 0.6) is 0 Å². The molecule has 0 bridgehead atoms. The third kappa shape index (κ3) is 1.83. The first-order valence-corrected chi connectivity index (χ1v) is 6.10. The minimum atomic E-state index is 0.760. The Hall–Kier alpha value is -1.74. The number of fused-ring (bicyclic) bond motifs is 1. The van der Waals surface area contributed by atoms with E-state index >= 15 is 0 Å². The highest BCUT2D eigenvalue weighted by Crippen LogP contribution is 2.31. The Kier molecular flexibility index (Phi) is 2.61. The molecule has 3 aromatic rings. The van der Waals surface area contributed by atoms with Gasteiger partial charge in [0.25, 0.3) is 0 Å². The SMILES string of the molecule is Brc1ccc(-c2ncccn2)c2ccccc12. The minimum Gasteiger partial charge on any atom is -0.237 e. The molecule has 3 rings (SSSR count). The van der Waals surface area contributed by atoms with Crippen molar-refractivity contribution in [2.75, 3.05) is 0 Å². The summed E-state index contributed by atoms with van der Waals surface area (Å²) in [5.74, 6) is 0.760. The Bertz CT molecular complexity index is 665. The van der Waals surface area contributed by atoms with Crippen LogP contribution in [0.15, 0.2) is 59.3 Å². The van der Waals surface area contributed by atoms with Crippen LogP contribution < -0.4 is 0 Å². The minimum absolute atomic E-state index is 0.760. The van der Waals surface area contributed by atoms with E-state index in [2.05, 4.69) is 38.0 Å². The van der Waals surface area contributed by atoms with Crippen molar-refractivity contribution in [2.24, 2.45) is 0 Å². The maximum Gasteiger partial charge on any atom is 0.159 e. The van der Waals surface area contributed by atoms with E-state index in [9.17, 15) is 0 Å². The van der Waals surface area contributed by atoms with Gasteiger partial charge < -0.3 is 0 Å². The summed E-state index contributed by atoms with van der Waals surface area (Å²) in [7, 11) is 0. The monoisotopic (exact) mass is 284 g/mol. The van der Waals surface area contributed by atoms with Gasteiger partial charge in [-0.05, 0) is 29.0 Å². The zero-order valence-corrected chi connectivity index (χ0v) is 10.6. The van der Waals surface area contributed by atoms with E-state index in [1.54, 1.807) is 12.4 Å². The summed E-state index contributed by atoms with van der Waals surface area (Å²) >= 11 is 3.56. The van der Waals surface area contributed by atoms with Gasteiger partial charge in [-0.3, -0.25) is 0 Å². The number of nitrogens with zero attached hydrogens (tertiary/aromatic N) is 2. The Morgan fingerprint density at radius 1 is 0.765 bits per heavy atom. The highest BCUT2D eigenvalue weighted by atomic mass is 79.9. The van der Waals surface area contributed by atoms with Gasteiger partial charge in [0.1, 0.15) is 0 Å². The first-order valence-electron chi connectivity index (χ1n) is 5.31. The molecule has 0 saturated heterocycles. The van der Waals surface area contributed by atoms with Crippen LogP contribution in [0, 0.1) is 0 Å². The van der Waals surface area contributed by atoms with Gasteiger partial charge in [0.15, 0.2) is 5.82 Å². The van der Waals surface area contributed by atoms with Crippen LogP contribution in [0.4, 0.5) is 0 Å². The summed E-state index contributed by atoms with van der Waals surface area (Å²) in [4.78, 5) is 8.60. The Morgan fingerprint density at radius 3 is 2.24 bits per heavy atom. The fraction of sp³-hybridized carbons (Fsp3) is 0. The summed E-state index contributed by atoms with van der Waals surface area (Å²) in [6.45, 7) is 0. The number of aromatic nitrogens is 2. The van der Waals surface area contributed by atoms with Crippen molar-refractivity contribution in [3.8, 4) is 11.4 Å². The summed E-state index contributed by atoms with van der Waals surface area (Å²) in [5.41, 5.74) is 1.06. The lowest BCUT2D eigenvalue weighted by atomic mass is 10.0. The summed E-state index contributed by atoms with van der Waals surface area (Å²) < 4.78 is 1.09. The highest BCUT2D eigenvalue weighted by molar-refractivity contribution is 9.10. The van der Waals surface area contributed by atoms with Gasteiger partial charge in [0.2, 0.25) is 0 Å². The highest BCUT2D eigenvalue weighted by Gasteiger charge is 2.07. The second-order valence-electron chi connectivity index (χ2n) is 3.71. The van der Waals surface area contributed by atoms with E-state index in [0.717, 1.165) is 21.2 Å². The van der Waals surface area contributed by atoms with Gasteiger partial charge in [-0.25, -0.2) is 9.97 Å². The number of hydrogen-bond donors (Lipinski definition) is 0. The molecule has 82 valence electrons. The lowest BCUT2D eigenvalue weighted by Gasteiger charge is -2.06. The van der Waals surface area contributed by atoms with Gasteiger partial charge in [-0.1, -0.05) is 40.2 Å². The Balaban J connectivity index is 2.35. The molecule has 0 radical (unpaired) electrons. The zero-order chi connectivity index (χ0) is 11.7. The van der Waals surface area contributed by atoms with Gasteiger partial charge in [-0.2, -0.15) is 0 Å². The molecule has 0 N–H and O–H groups in total. The molecule has 3 heteroatoms. The zero-order valence-electron chi connectivity index (χ0n) is 8.97. The number of hydrogen-bond acceptors (Lipinski definition) is 2. The quantitative estimate of drug-likeness (QED) is 0.673. The lowest BCUT2D eigenvalue weighted by Crippen LogP contribution is -1.88. The van der Waals surface area contributed by atoms with E-state index in [4.69, 9.17) is 0 Å². The third-order valence-electron chi connectivity index (χ3n) is 2.68. The van der Waals surface area contributed by atoms with Crippen LogP contribution in [-0.2, 0) is 0 Å². The van der Waals surface area contributed by atoms with E-state index < -0.39 is 0 Å². The van der Waals surface area contributed by atoms with Crippen molar-refractivity contribution in [3.63, 3.8) is 0 Å². The fourth-order valence-corrected chi connectivity index (χ4v) is 2.37. The number of rotatable bonds is 1. The Labute approximate surface area is 107 Å². The molecule has 2 aromatic carbocycles. The normalized spacial score (nSPS) is 10.6. The molecular formula is C14H9BrN2. The topological polar surface area (TPSA) is 25.8 Å². The average Bonchev–Trinajstić information content (AvgIpc) is 2.41. The molecule has 0 fully saturated rings. The second-order valence-corrected chi connectivity index (χ2v) is 4.57. The smallest absolute Gasteiger partial charge is 0.159 e. The Morgan fingerprint density at radius 2 is 1.47 bits per heavy atom. The van der Waals surface area contributed by atoms with Crippen LogP contribution in [0.1, 0.15) is 0 Å². The van der Waals surface area contributed by atoms with Gasteiger partial charge in [0.05, 0.1) is 0 Å². The van der Waals surface area contributed by atoms with E-state index in [1.165, 1.54) is 5.39 Å². The molecule has 0 aliphatic carbocycles. The van der Waals surface area contributed by atoms with Crippen LogP contribution in [0.3, 0.4) is 0 Å². The predicted molar refractivity (Wildman–Crippen MR) is 72.7 cm³/mol. The van der Waals surface area contributed by atoms with Gasteiger partial charge >= 0.3 is 0 Å². The lowest BCUT2D eigenvalue weighted by molar-refractivity contribution is 1.18. The van der Waals surface area contributed by atoms with Crippen molar-refractivity contribution in [1.82, 2.24) is 9.97 Å². The molecule has 1 heterocycles. The number of halogens is 1. The van der Waals surface area contributed by atoms with Crippen molar-refractivity contribution in [3.05, 3.63) is 59.3 Å². The first kappa shape index (κ1) is 10.4. The van der Waals surface area contributed by atoms with E-state index in [-0.39, 0.29) is 0 Å². The molecule has 1 aromatic heterocycles. The first-order chi connectivity index (χ1) is 8.36. The number of benzene rings is 2. The van der Waals surface area contributed by atoms with Crippen LogP contribution in [0.2, 0.25) is 0 Å². The van der Waals surface area contributed by atoms with Crippen molar-refractivity contribution in [2.45, 2.75) is 0 Å². The van der Waals surface area contributed by atoms with Crippen LogP contribution >= 0.6 is 15.9 Å². The van der Waals surface area contributed by atoms with Crippen molar-refractivity contribution < 1.29 is 0 Å². The molecular weight excluding hydrogens is 276 g/mol. The molecule has 17 heavy (non-hydrogen) atoms. The van der Waals surface area contributed by atoms with Gasteiger partial charge in [-0.15, -0.1) is 0 Å². The molecule has 0 atom stereocenters. The maximum atomic E-state index is 4.30. The summed E-state index contributed by atoms with van der Waals surface area (Å²) in [6.07, 6.45) is 3.53. The summed E-state index contributed by atoms with van der Waals surface area (Å²) in [6, 6.07) is 14.1. The van der Waals surface area contributed by atoms with E-state index in [0.29, 0.717) is 0 Å². The standard InChI is InChI=1S/C14H9BrN2/c15-13-7-6-12(14-16-8-3-9-17-14)10-4-1-2-5-11(10)13/h1-9H. The molecule has 0 spiro atoms. The second kappa shape index (κ2) is 4.26. The van der Waals surface area contributed by atoms with Crippen LogP contribution in [0.25, 0.3) is 22.2 Å². The molecule has 0 aliphatic rings. The molecule has 0 amide bonds. The van der Waals surface area contributed by atoms with Gasteiger partial charge in [0, 0.05) is 22.4 Å². The average molecular weight is 285 g/mol. The molecule has 0 aliphatic heterocycles. The van der Waals surface area contributed by atoms with E-state index in [1.807, 2.05) is 30.3 Å². The largest absolute Gasteiger partial charge is 0.237 e. The maximum absolute atomic E-state index is 4.30. The molecule has 2 nitrogen and oxygen atoms in total. The third-order valence-corrected chi connectivity index (χ3v) is 3.37. The van der Waals surface area contributed by atoms with Crippen molar-refractivity contribution >= 4 is 26.7 Å². The fourth-order valence-electron chi connectivity index (χ4n) is 1.90. The predicted octanol–water partition coefficient (Wildman–Crippen LogP) is 4.06.